The van der Waals surface area contributed by atoms with E-state index in [1.807, 2.05) is 37.3 Å². The van der Waals surface area contributed by atoms with Crippen molar-refractivity contribution in [3.63, 3.8) is 0 Å². The van der Waals surface area contributed by atoms with Crippen molar-refractivity contribution in [1.29, 1.82) is 0 Å². The van der Waals surface area contributed by atoms with Gasteiger partial charge in [-0.25, -0.2) is 0 Å². The fraction of sp³-hybridized carbons (Fsp3) is 0.100. The summed E-state index contributed by atoms with van der Waals surface area (Å²) < 4.78 is 5.30. The quantitative estimate of drug-likeness (QED) is 0.224. The molecule has 0 fully saturated rings. The van der Waals surface area contributed by atoms with Gasteiger partial charge in [0.2, 0.25) is 0 Å². The van der Waals surface area contributed by atoms with Gasteiger partial charge in [-0.3, -0.25) is 19.9 Å². The van der Waals surface area contributed by atoms with Gasteiger partial charge in [0.15, 0.2) is 0 Å². The van der Waals surface area contributed by atoms with Gasteiger partial charge in [-0.2, -0.15) is 0 Å². The lowest BCUT2D eigenvalue weighted by Gasteiger charge is -2.09. The summed E-state index contributed by atoms with van der Waals surface area (Å²) in [6, 6.07) is 15.7. The second kappa shape index (κ2) is 7.14. The number of rotatable bonds is 4. The smallest absolute Gasteiger partial charge is 0.308 e. The average Bonchev–Trinajstić information content (AvgIpc) is 2.61. The SMILES string of the molecule is CC(=O)Oc1ccc2ccccc2c1C=Nc1cc([N+](=O)[O-])ccc1C. The van der Waals surface area contributed by atoms with Gasteiger partial charge < -0.3 is 4.74 Å². The van der Waals surface area contributed by atoms with Crippen molar-refractivity contribution in [2.75, 3.05) is 0 Å². The first-order valence-corrected chi connectivity index (χ1v) is 7.95. The van der Waals surface area contributed by atoms with Crippen LogP contribution in [-0.2, 0) is 4.79 Å². The van der Waals surface area contributed by atoms with Gasteiger partial charge in [0.25, 0.3) is 5.69 Å². The van der Waals surface area contributed by atoms with Gasteiger partial charge in [0, 0.05) is 30.8 Å². The van der Waals surface area contributed by atoms with E-state index in [0.717, 1.165) is 16.3 Å². The number of nitrogens with zero attached hydrogens (tertiary/aromatic N) is 2. The highest BCUT2D eigenvalue weighted by molar-refractivity contribution is 6.03. The van der Waals surface area contributed by atoms with E-state index in [9.17, 15) is 14.9 Å². The Morgan fingerprint density at radius 1 is 1.15 bits per heavy atom. The number of nitro benzene ring substituents is 1. The van der Waals surface area contributed by atoms with Crippen LogP contribution in [0.2, 0.25) is 0 Å². The van der Waals surface area contributed by atoms with E-state index in [2.05, 4.69) is 4.99 Å². The molecule has 0 spiro atoms. The standard InChI is InChI=1S/C20H16N2O4/c1-13-7-9-16(22(24)25)11-19(13)21-12-18-17-6-4-3-5-15(17)8-10-20(18)26-14(2)23/h3-12H,1-2H3. The van der Waals surface area contributed by atoms with Crippen LogP contribution in [-0.4, -0.2) is 17.1 Å². The number of esters is 1. The van der Waals surface area contributed by atoms with E-state index in [1.165, 1.54) is 19.1 Å². The van der Waals surface area contributed by atoms with E-state index in [-0.39, 0.29) is 5.69 Å². The zero-order valence-corrected chi connectivity index (χ0v) is 14.3. The fourth-order valence-electron chi connectivity index (χ4n) is 2.64. The van der Waals surface area contributed by atoms with Crippen LogP contribution in [0.5, 0.6) is 5.75 Å². The number of nitro groups is 1. The lowest BCUT2D eigenvalue weighted by molar-refractivity contribution is -0.384. The van der Waals surface area contributed by atoms with Gasteiger partial charge in [-0.15, -0.1) is 0 Å². The van der Waals surface area contributed by atoms with E-state index in [0.29, 0.717) is 17.0 Å². The van der Waals surface area contributed by atoms with Crippen molar-refractivity contribution in [1.82, 2.24) is 0 Å². The van der Waals surface area contributed by atoms with Crippen molar-refractivity contribution in [3.8, 4) is 5.75 Å². The second-order valence-electron chi connectivity index (χ2n) is 5.78. The maximum absolute atomic E-state index is 11.4. The highest BCUT2D eigenvalue weighted by Crippen LogP contribution is 2.29. The average molecular weight is 348 g/mol. The molecule has 0 atom stereocenters. The highest BCUT2D eigenvalue weighted by atomic mass is 16.6. The zero-order valence-electron chi connectivity index (χ0n) is 14.3. The maximum atomic E-state index is 11.4. The number of carbonyl (C=O) groups is 1. The molecule has 0 unspecified atom stereocenters. The minimum absolute atomic E-state index is 0.0270. The molecule has 0 N–H and O–H groups in total. The molecule has 0 bridgehead atoms. The molecule has 0 amide bonds. The third-order valence-electron chi connectivity index (χ3n) is 3.92. The van der Waals surface area contributed by atoms with Crippen LogP contribution in [0.1, 0.15) is 18.1 Å². The highest BCUT2D eigenvalue weighted by Gasteiger charge is 2.11. The molecule has 3 aromatic rings. The number of hydrogen-bond acceptors (Lipinski definition) is 5. The minimum atomic E-state index is -0.458. The van der Waals surface area contributed by atoms with Gasteiger partial charge >= 0.3 is 5.97 Å². The molecule has 0 radical (unpaired) electrons. The fourth-order valence-corrected chi connectivity index (χ4v) is 2.64. The van der Waals surface area contributed by atoms with Crippen molar-refractivity contribution in [2.24, 2.45) is 4.99 Å². The summed E-state index contributed by atoms with van der Waals surface area (Å²) in [5.41, 5.74) is 1.91. The van der Waals surface area contributed by atoms with Crippen LogP contribution in [0.4, 0.5) is 11.4 Å². The van der Waals surface area contributed by atoms with Crippen LogP contribution >= 0.6 is 0 Å². The summed E-state index contributed by atoms with van der Waals surface area (Å²) in [5.74, 6) is -0.0375. The van der Waals surface area contributed by atoms with Crippen molar-refractivity contribution < 1.29 is 14.5 Å². The lowest BCUT2D eigenvalue weighted by atomic mass is 10.0. The van der Waals surface area contributed by atoms with Crippen molar-refractivity contribution in [2.45, 2.75) is 13.8 Å². The Bertz CT molecular complexity index is 1040. The van der Waals surface area contributed by atoms with Crippen LogP contribution in [0.25, 0.3) is 10.8 Å². The number of non-ortho nitro benzene ring substituents is 1. The van der Waals surface area contributed by atoms with E-state index >= 15 is 0 Å². The normalized spacial score (nSPS) is 11.0. The monoisotopic (exact) mass is 348 g/mol. The first-order valence-electron chi connectivity index (χ1n) is 7.95. The van der Waals surface area contributed by atoms with E-state index in [4.69, 9.17) is 4.74 Å². The number of aliphatic imine (C=N–C) groups is 1. The van der Waals surface area contributed by atoms with Gasteiger partial charge in [-0.05, 0) is 29.3 Å². The number of carbonyl (C=O) groups excluding carboxylic acids is 1. The first kappa shape index (κ1) is 17.3. The Kier molecular flexibility index (Phi) is 4.75. The van der Waals surface area contributed by atoms with Crippen LogP contribution in [0, 0.1) is 17.0 Å². The molecular weight excluding hydrogens is 332 g/mol. The predicted octanol–water partition coefficient (Wildman–Crippen LogP) is 4.73. The first-order chi connectivity index (χ1) is 12.5. The minimum Gasteiger partial charge on any atom is -0.426 e. The molecule has 130 valence electrons. The molecule has 0 saturated carbocycles. The summed E-state index contributed by atoms with van der Waals surface area (Å²) in [6.07, 6.45) is 1.58. The summed E-state index contributed by atoms with van der Waals surface area (Å²) in [5, 5.41) is 12.8. The molecule has 0 aliphatic heterocycles. The largest absolute Gasteiger partial charge is 0.426 e. The molecule has 0 saturated heterocycles. The summed E-state index contributed by atoms with van der Waals surface area (Å²) in [4.78, 5) is 26.4. The van der Waals surface area contributed by atoms with Crippen molar-refractivity contribution >= 4 is 34.3 Å². The van der Waals surface area contributed by atoms with E-state index in [1.54, 1.807) is 18.3 Å². The van der Waals surface area contributed by atoms with Crippen molar-refractivity contribution in [3.05, 3.63) is 75.8 Å². The van der Waals surface area contributed by atoms with Gasteiger partial charge in [0.1, 0.15) is 5.75 Å². The van der Waals surface area contributed by atoms with Crippen LogP contribution < -0.4 is 4.74 Å². The zero-order chi connectivity index (χ0) is 18.7. The van der Waals surface area contributed by atoms with Crippen LogP contribution in [0.15, 0.2) is 59.6 Å². The summed E-state index contributed by atoms with van der Waals surface area (Å²) in [7, 11) is 0. The maximum Gasteiger partial charge on any atom is 0.308 e. The molecule has 0 aliphatic carbocycles. The third-order valence-corrected chi connectivity index (χ3v) is 3.92. The number of ether oxygens (including phenoxy) is 1. The Balaban J connectivity index is 2.12. The third kappa shape index (κ3) is 3.59. The predicted molar refractivity (Wildman–Crippen MR) is 100 cm³/mol. The molecular formula is C20H16N2O4. The lowest BCUT2D eigenvalue weighted by Crippen LogP contribution is -2.04. The molecule has 6 nitrogen and oxygen atoms in total. The number of aryl methyl sites for hydroxylation is 1. The molecule has 0 aliphatic rings. The summed E-state index contributed by atoms with van der Waals surface area (Å²) in [6.45, 7) is 3.16. The van der Waals surface area contributed by atoms with E-state index < -0.39 is 10.9 Å². The van der Waals surface area contributed by atoms with Crippen LogP contribution in [0.3, 0.4) is 0 Å². The molecule has 26 heavy (non-hydrogen) atoms. The Morgan fingerprint density at radius 3 is 2.65 bits per heavy atom. The molecule has 0 heterocycles. The molecule has 0 aromatic heterocycles. The molecule has 6 heteroatoms. The van der Waals surface area contributed by atoms with Gasteiger partial charge in [-0.1, -0.05) is 36.4 Å². The Hall–Kier alpha value is -3.54. The Labute approximate surface area is 149 Å². The number of fused-ring (bicyclic) bond motifs is 1. The molecule has 3 rings (SSSR count). The Morgan fingerprint density at radius 2 is 1.92 bits per heavy atom. The summed E-state index contributed by atoms with van der Waals surface area (Å²) >= 11 is 0. The van der Waals surface area contributed by atoms with Gasteiger partial charge in [0.05, 0.1) is 10.6 Å². The second-order valence-corrected chi connectivity index (χ2v) is 5.78. The molecule has 3 aromatic carbocycles. The number of hydrogen-bond donors (Lipinski definition) is 0. The number of benzene rings is 3. The topological polar surface area (TPSA) is 81.8 Å².